The zero-order valence-electron chi connectivity index (χ0n) is 31.2. The van der Waals surface area contributed by atoms with Crippen LogP contribution in [0.3, 0.4) is 0 Å². The van der Waals surface area contributed by atoms with Crippen LogP contribution in [-0.4, -0.2) is 57.3 Å². The number of nitrogens with two attached hydrogens (primary N) is 1. The van der Waals surface area contributed by atoms with Gasteiger partial charge in [0.25, 0.3) is 0 Å². The van der Waals surface area contributed by atoms with Crippen molar-refractivity contribution in [3.63, 3.8) is 0 Å². The Labute approximate surface area is 288 Å². The Kier molecular flexibility index (Phi) is 8.61. The lowest BCUT2D eigenvalue weighted by Gasteiger charge is -2.71. The molecule has 1 aromatic rings. The number of fused-ring (bicyclic) bond motifs is 3. The van der Waals surface area contributed by atoms with Gasteiger partial charge in [0, 0.05) is 16.4 Å². The molecule has 266 valence electrons. The fourth-order valence-corrected chi connectivity index (χ4v) is 12.1. The molecular formula is C39H61N5O4. The second-order valence-corrected chi connectivity index (χ2v) is 18.6. The summed E-state index contributed by atoms with van der Waals surface area (Å²) >= 11 is 0. The summed E-state index contributed by atoms with van der Waals surface area (Å²) in [6, 6.07) is -0.143. The number of rotatable bonds is 8. The van der Waals surface area contributed by atoms with Crippen LogP contribution in [-0.2, 0) is 14.3 Å². The Morgan fingerprint density at radius 2 is 1.88 bits per heavy atom. The van der Waals surface area contributed by atoms with Gasteiger partial charge in [0.2, 0.25) is 0 Å². The minimum absolute atomic E-state index is 0.143. The number of carbonyl (C=O) groups is 1. The first-order chi connectivity index (χ1) is 22.3. The summed E-state index contributed by atoms with van der Waals surface area (Å²) in [5.74, 6) is 0.662. The number of aromatic nitrogens is 3. The topological polar surface area (TPSA) is 117 Å². The van der Waals surface area contributed by atoms with Gasteiger partial charge < -0.3 is 25.2 Å². The molecule has 3 N–H and O–H groups in total. The number of carboxylic acids is 1. The highest BCUT2D eigenvalue weighted by Gasteiger charge is 2.72. The maximum absolute atomic E-state index is 13.4. The predicted molar refractivity (Wildman–Crippen MR) is 186 cm³/mol. The molecule has 1 unspecified atom stereocenters. The van der Waals surface area contributed by atoms with E-state index in [0.717, 1.165) is 38.5 Å². The van der Waals surface area contributed by atoms with Crippen molar-refractivity contribution in [3.05, 3.63) is 29.4 Å². The van der Waals surface area contributed by atoms with Crippen LogP contribution >= 0.6 is 0 Å². The lowest BCUT2D eigenvalue weighted by molar-refractivity contribution is -0.252. The van der Waals surface area contributed by atoms with Crippen LogP contribution in [0, 0.1) is 69.2 Å². The first-order valence-electron chi connectivity index (χ1n) is 18.5. The van der Waals surface area contributed by atoms with Gasteiger partial charge in [-0.1, -0.05) is 79.1 Å². The van der Waals surface area contributed by atoms with Gasteiger partial charge in [-0.25, -0.2) is 0 Å². The van der Waals surface area contributed by atoms with Crippen molar-refractivity contribution in [2.24, 2.45) is 68.3 Å². The fraction of sp³-hybridized carbons (Fsp3) is 0.846. The number of hydrogen-bond acceptors (Lipinski definition) is 6. The van der Waals surface area contributed by atoms with Crippen LogP contribution in [0.4, 0.5) is 5.95 Å². The highest BCUT2D eigenvalue weighted by atomic mass is 16.5. The van der Waals surface area contributed by atoms with E-state index in [-0.39, 0.29) is 57.0 Å². The molecule has 48 heavy (non-hydrogen) atoms. The maximum Gasteiger partial charge on any atom is 0.393 e. The molecule has 12 atom stereocenters. The molecule has 2 heterocycles. The zero-order valence-corrected chi connectivity index (χ0v) is 31.2. The molecule has 4 aliphatic carbocycles. The van der Waals surface area contributed by atoms with Crippen molar-refractivity contribution < 1.29 is 19.4 Å². The second-order valence-electron chi connectivity index (χ2n) is 18.6. The normalized spacial score (nSPS) is 44.1. The van der Waals surface area contributed by atoms with Crippen molar-refractivity contribution >= 4 is 11.9 Å². The van der Waals surface area contributed by atoms with Crippen LogP contribution < -0.4 is 5.73 Å². The van der Waals surface area contributed by atoms with E-state index in [4.69, 9.17) is 21.8 Å². The Balaban J connectivity index is 1.45. The number of nitrogens with zero attached hydrogens (tertiary/aromatic N) is 4. The molecule has 0 radical (unpaired) electrons. The van der Waals surface area contributed by atoms with E-state index in [9.17, 15) is 9.90 Å². The average Bonchev–Trinajstić information content (AvgIpc) is 3.49. The highest BCUT2D eigenvalue weighted by Crippen LogP contribution is 2.75. The number of hydrogen-bond donors (Lipinski definition) is 2. The number of carboxylic acid groups (broad SMARTS) is 1. The Hall–Kier alpha value is -2.28. The maximum atomic E-state index is 13.4. The minimum Gasteiger partial charge on any atom is -0.481 e. The SMILES string of the molecule is [C-]#[N+]c1ncn([C@@H]2C[C@@]34COCC(C)([C@H]2OC[C@](C)(N)C(C)C)[C@@H]3CC[C@H]2C4=CC[C@@]3(C)[C@H](C(=O)O)[C@@](C)([C@H](C)C(C)C)CC[C@]23C)n1. The fourth-order valence-electron chi connectivity index (χ4n) is 12.1. The summed E-state index contributed by atoms with van der Waals surface area (Å²) in [5.41, 5.74) is 6.40. The molecule has 1 saturated heterocycles. The van der Waals surface area contributed by atoms with E-state index in [1.165, 1.54) is 5.57 Å². The molecule has 5 aliphatic rings. The number of allylic oxidation sites excluding steroid dienone is 1. The number of ether oxygens (including phenoxy) is 2. The van der Waals surface area contributed by atoms with Gasteiger partial charge in [-0.15, -0.1) is 11.6 Å². The molecule has 0 amide bonds. The van der Waals surface area contributed by atoms with Crippen molar-refractivity contribution in [2.75, 3.05) is 19.8 Å². The summed E-state index contributed by atoms with van der Waals surface area (Å²) in [7, 11) is 0. The first-order valence-corrected chi connectivity index (χ1v) is 18.5. The third-order valence-electron chi connectivity index (χ3n) is 15.9. The monoisotopic (exact) mass is 663 g/mol. The summed E-state index contributed by atoms with van der Waals surface area (Å²) < 4.78 is 15.5. The van der Waals surface area contributed by atoms with Crippen molar-refractivity contribution in [1.82, 2.24) is 14.8 Å². The summed E-state index contributed by atoms with van der Waals surface area (Å²) in [4.78, 5) is 21.3. The molecule has 0 spiro atoms. The van der Waals surface area contributed by atoms with E-state index < -0.39 is 17.4 Å². The molecule has 9 nitrogen and oxygen atoms in total. The minimum atomic E-state index is -0.636. The lowest BCUT2D eigenvalue weighted by Crippen LogP contribution is -2.69. The van der Waals surface area contributed by atoms with E-state index in [2.05, 4.69) is 90.2 Å². The standard InChI is InChI=1S/C39H61N5O4/c1-23(2)25(5)34(6)16-17-36(8)26-12-13-29-35(7)19-47-21-39(29,27(26)14-15-37(36,9)30(34)32(45)46)18-28(44-22-42-33(41-11)43-44)31(35)48-20-38(10,40)24(3)4/h14,22-26,28-31H,12-13,15-21,40H2,1-10H3,(H,45,46)/t25-,26+,28-,29+,30-,31+,34-,35?,36-,37+,38+,39+/m1/s1. The van der Waals surface area contributed by atoms with Gasteiger partial charge in [-0.2, -0.15) is 4.68 Å². The highest BCUT2D eigenvalue weighted by molar-refractivity contribution is 5.73. The van der Waals surface area contributed by atoms with Crippen molar-refractivity contribution in [3.8, 4) is 0 Å². The van der Waals surface area contributed by atoms with Gasteiger partial charge in [-0.3, -0.25) is 4.79 Å². The summed E-state index contributed by atoms with van der Waals surface area (Å²) in [5, 5.41) is 15.7. The van der Waals surface area contributed by atoms with Crippen LogP contribution in [0.25, 0.3) is 4.85 Å². The molecule has 0 aromatic carbocycles. The summed E-state index contributed by atoms with van der Waals surface area (Å²) in [6.07, 6.45) is 9.55. The van der Waals surface area contributed by atoms with E-state index in [1.54, 1.807) is 6.33 Å². The molecule has 9 heteroatoms. The van der Waals surface area contributed by atoms with E-state index in [0.29, 0.717) is 37.6 Å². The quantitative estimate of drug-likeness (QED) is 0.216. The van der Waals surface area contributed by atoms with Crippen LogP contribution in [0.15, 0.2) is 18.0 Å². The molecule has 4 fully saturated rings. The van der Waals surface area contributed by atoms with Crippen molar-refractivity contribution in [1.29, 1.82) is 0 Å². The third-order valence-corrected chi connectivity index (χ3v) is 15.9. The molecule has 2 bridgehead atoms. The second kappa shape index (κ2) is 11.6. The Bertz CT molecular complexity index is 1490. The molecule has 1 aromatic heterocycles. The van der Waals surface area contributed by atoms with Gasteiger partial charge in [0.1, 0.15) is 0 Å². The average molecular weight is 664 g/mol. The lowest BCUT2D eigenvalue weighted by atomic mass is 9.34. The molecule has 1 aliphatic heterocycles. The zero-order chi connectivity index (χ0) is 35.2. The first kappa shape index (κ1) is 35.5. The van der Waals surface area contributed by atoms with Crippen LogP contribution in [0.1, 0.15) is 114 Å². The molecule has 3 saturated carbocycles. The smallest absolute Gasteiger partial charge is 0.393 e. The Morgan fingerprint density at radius 1 is 1.17 bits per heavy atom. The number of aliphatic carboxylic acids is 1. The third kappa shape index (κ3) is 4.82. The van der Waals surface area contributed by atoms with Gasteiger partial charge >= 0.3 is 11.9 Å². The van der Waals surface area contributed by atoms with Crippen LogP contribution in [0.2, 0.25) is 0 Å². The van der Waals surface area contributed by atoms with E-state index in [1.807, 2.05) is 4.68 Å². The van der Waals surface area contributed by atoms with Crippen molar-refractivity contribution in [2.45, 2.75) is 125 Å². The van der Waals surface area contributed by atoms with Gasteiger partial charge in [0.15, 0.2) is 6.33 Å². The van der Waals surface area contributed by atoms with Gasteiger partial charge in [0.05, 0.1) is 37.9 Å². The molecular weight excluding hydrogens is 602 g/mol. The Morgan fingerprint density at radius 3 is 2.48 bits per heavy atom. The van der Waals surface area contributed by atoms with E-state index >= 15 is 0 Å². The summed E-state index contributed by atoms with van der Waals surface area (Å²) in [6.45, 7) is 31.7. The predicted octanol–water partition coefficient (Wildman–Crippen LogP) is 7.72. The largest absolute Gasteiger partial charge is 0.481 e. The van der Waals surface area contributed by atoms with Crippen LogP contribution in [0.5, 0.6) is 0 Å². The van der Waals surface area contributed by atoms with Gasteiger partial charge in [-0.05, 0) is 91.3 Å². The molecule has 6 rings (SSSR count).